The van der Waals surface area contributed by atoms with E-state index in [2.05, 4.69) is 6.92 Å². The van der Waals surface area contributed by atoms with Crippen molar-refractivity contribution in [2.24, 2.45) is 5.92 Å². The predicted octanol–water partition coefficient (Wildman–Crippen LogP) is 2.34. The maximum atomic E-state index is 9.30. The summed E-state index contributed by atoms with van der Waals surface area (Å²) < 4.78 is 0. The predicted molar refractivity (Wildman–Crippen MR) is 42.9 cm³/mol. The molecule has 1 nitrogen and oxygen atoms in total. The molecule has 0 aromatic rings. The molecular weight excluding hydrogens is 124 g/mol. The maximum Gasteiger partial charge on any atom is 0.0540 e. The van der Waals surface area contributed by atoms with Crippen molar-refractivity contribution in [2.45, 2.75) is 51.6 Å². The van der Waals surface area contributed by atoms with E-state index in [1.807, 2.05) is 0 Å². The quantitative estimate of drug-likeness (QED) is 0.550. The van der Waals surface area contributed by atoms with Crippen LogP contribution in [0, 0.1) is 5.92 Å². The van der Waals surface area contributed by atoms with Crippen LogP contribution in [0.4, 0.5) is 0 Å². The van der Waals surface area contributed by atoms with E-state index in [4.69, 9.17) is 0 Å². The van der Waals surface area contributed by atoms with Crippen molar-refractivity contribution in [1.29, 1.82) is 0 Å². The summed E-state index contributed by atoms with van der Waals surface area (Å²) in [6.07, 6.45) is 7.15. The second-order valence-electron chi connectivity index (χ2n) is 3.62. The topological polar surface area (TPSA) is 20.2 Å². The highest BCUT2D eigenvalue weighted by atomic mass is 16.3. The van der Waals surface area contributed by atoms with Crippen LogP contribution in [0.15, 0.2) is 0 Å². The molecule has 0 spiro atoms. The summed E-state index contributed by atoms with van der Waals surface area (Å²) in [7, 11) is 0. The Kier molecular flexibility index (Phi) is 3.20. The molecule has 1 heteroatoms. The van der Waals surface area contributed by atoms with Crippen LogP contribution in [0.25, 0.3) is 0 Å². The van der Waals surface area contributed by atoms with Crippen molar-refractivity contribution in [3.05, 3.63) is 0 Å². The Balaban J connectivity index is 2.21. The third-order valence-electron chi connectivity index (χ3n) is 2.47. The van der Waals surface area contributed by atoms with Crippen molar-refractivity contribution in [1.82, 2.24) is 0 Å². The Hall–Kier alpha value is -0.0400. The van der Waals surface area contributed by atoms with Crippen LogP contribution in [0.1, 0.15) is 45.4 Å². The zero-order valence-electron chi connectivity index (χ0n) is 6.84. The van der Waals surface area contributed by atoms with Gasteiger partial charge in [0.25, 0.3) is 0 Å². The first-order valence-electron chi connectivity index (χ1n) is 4.47. The molecular formula is C9H18O. The lowest BCUT2D eigenvalue weighted by Crippen LogP contribution is -2.11. The Morgan fingerprint density at radius 2 is 1.50 bits per heavy atom. The minimum absolute atomic E-state index is 0.00694. The molecule has 1 aliphatic rings. The standard InChI is InChI=1S/C9H18O/c1-8-4-2-6-9(10)7-3-5-8/h8-10H,2-7H2,1H3. The second-order valence-corrected chi connectivity index (χ2v) is 3.62. The first-order valence-corrected chi connectivity index (χ1v) is 4.47. The molecule has 0 aliphatic heterocycles. The van der Waals surface area contributed by atoms with Crippen molar-refractivity contribution < 1.29 is 5.11 Å². The van der Waals surface area contributed by atoms with Crippen LogP contribution in [0.2, 0.25) is 0 Å². The highest BCUT2D eigenvalue weighted by molar-refractivity contribution is 4.64. The molecule has 10 heavy (non-hydrogen) atoms. The van der Waals surface area contributed by atoms with Gasteiger partial charge in [-0.15, -0.1) is 0 Å². The second kappa shape index (κ2) is 3.97. The monoisotopic (exact) mass is 142 g/mol. The first-order chi connectivity index (χ1) is 4.79. The molecule has 0 radical (unpaired) electrons. The van der Waals surface area contributed by atoms with E-state index in [1.54, 1.807) is 0 Å². The molecule has 1 fully saturated rings. The van der Waals surface area contributed by atoms with Crippen LogP contribution < -0.4 is 0 Å². The van der Waals surface area contributed by atoms with Crippen molar-refractivity contribution in [3.8, 4) is 0 Å². The molecule has 1 saturated carbocycles. The number of rotatable bonds is 0. The van der Waals surface area contributed by atoms with Crippen LogP contribution in [0.3, 0.4) is 0 Å². The summed E-state index contributed by atoms with van der Waals surface area (Å²) in [6.45, 7) is 2.32. The lowest BCUT2D eigenvalue weighted by molar-refractivity contribution is 0.135. The molecule has 1 rings (SSSR count). The van der Waals surface area contributed by atoms with Crippen molar-refractivity contribution in [3.63, 3.8) is 0 Å². The van der Waals surface area contributed by atoms with Gasteiger partial charge >= 0.3 is 0 Å². The summed E-state index contributed by atoms with van der Waals surface area (Å²) in [6, 6.07) is 0. The van der Waals surface area contributed by atoms with Gasteiger partial charge in [0.1, 0.15) is 0 Å². The summed E-state index contributed by atoms with van der Waals surface area (Å²) in [5, 5.41) is 9.30. The van der Waals surface area contributed by atoms with Crippen molar-refractivity contribution >= 4 is 0 Å². The van der Waals surface area contributed by atoms with E-state index in [9.17, 15) is 5.11 Å². The van der Waals surface area contributed by atoms with Gasteiger partial charge in [-0.05, 0) is 18.8 Å². The molecule has 0 heterocycles. The van der Waals surface area contributed by atoms with Crippen LogP contribution in [0.5, 0.6) is 0 Å². The summed E-state index contributed by atoms with van der Waals surface area (Å²) in [5.74, 6) is 0.896. The van der Waals surface area contributed by atoms with Gasteiger partial charge < -0.3 is 5.11 Å². The Morgan fingerprint density at radius 1 is 1.00 bits per heavy atom. The minimum atomic E-state index is 0.00694. The molecule has 0 unspecified atom stereocenters. The largest absolute Gasteiger partial charge is 0.393 e. The average molecular weight is 142 g/mol. The highest BCUT2D eigenvalue weighted by Gasteiger charge is 2.10. The molecule has 60 valence electrons. The van der Waals surface area contributed by atoms with Gasteiger partial charge in [0.15, 0.2) is 0 Å². The van der Waals surface area contributed by atoms with Gasteiger partial charge in [0.2, 0.25) is 0 Å². The highest BCUT2D eigenvalue weighted by Crippen LogP contribution is 2.21. The summed E-state index contributed by atoms with van der Waals surface area (Å²) in [5.41, 5.74) is 0. The zero-order valence-corrected chi connectivity index (χ0v) is 6.84. The van der Waals surface area contributed by atoms with Gasteiger partial charge in [-0.3, -0.25) is 0 Å². The average Bonchev–Trinajstić information content (AvgIpc) is 1.84. The lowest BCUT2D eigenvalue weighted by atomic mass is 9.91. The van der Waals surface area contributed by atoms with Gasteiger partial charge in [0.05, 0.1) is 6.10 Å². The SMILES string of the molecule is CC1CCCC(O)CCC1. The van der Waals surface area contributed by atoms with Gasteiger partial charge in [-0.1, -0.05) is 32.6 Å². The van der Waals surface area contributed by atoms with Gasteiger partial charge in [-0.25, -0.2) is 0 Å². The minimum Gasteiger partial charge on any atom is -0.393 e. The van der Waals surface area contributed by atoms with E-state index >= 15 is 0 Å². The normalized spacial score (nSPS) is 36.6. The van der Waals surface area contributed by atoms with Crippen LogP contribution in [-0.4, -0.2) is 11.2 Å². The van der Waals surface area contributed by atoms with E-state index in [1.165, 1.54) is 25.7 Å². The lowest BCUT2D eigenvalue weighted by Gasteiger charge is -2.18. The number of aliphatic hydroxyl groups is 1. The van der Waals surface area contributed by atoms with Gasteiger partial charge in [0, 0.05) is 0 Å². The fourth-order valence-corrected chi connectivity index (χ4v) is 1.69. The molecule has 0 aromatic carbocycles. The van der Waals surface area contributed by atoms with Gasteiger partial charge in [-0.2, -0.15) is 0 Å². The number of aliphatic hydroxyl groups excluding tert-OH is 1. The fourth-order valence-electron chi connectivity index (χ4n) is 1.69. The third kappa shape index (κ3) is 2.70. The number of hydrogen-bond acceptors (Lipinski definition) is 1. The summed E-state index contributed by atoms with van der Waals surface area (Å²) >= 11 is 0. The fraction of sp³-hybridized carbons (Fsp3) is 1.00. The molecule has 0 saturated heterocycles. The molecule has 0 aromatic heterocycles. The zero-order chi connectivity index (χ0) is 7.40. The Morgan fingerprint density at radius 3 is 2.00 bits per heavy atom. The number of hydrogen-bond donors (Lipinski definition) is 1. The molecule has 0 bridgehead atoms. The van der Waals surface area contributed by atoms with Crippen molar-refractivity contribution in [2.75, 3.05) is 0 Å². The molecule has 0 amide bonds. The molecule has 1 aliphatic carbocycles. The van der Waals surface area contributed by atoms with Crippen LogP contribution >= 0.6 is 0 Å². The molecule has 1 N–H and O–H groups in total. The van der Waals surface area contributed by atoms with E-state index in [0.717, 1.165) is 18.8 Å². The first kappa shape index (κ1) is 8.06. The maximum absolute atomic E-state index is 9.30. The Bertz CT molecular complexity index is 70.7. The summed E-state index contributed by atoms with van der Waals surface area (Å²) in [4.78, 5) is 0. The van der Waals surface area contributed by atoms with E-state index in [0.29, 0.717) is 0 Å². The van der Waals surface area contributed by atoms with E-state index < -0.39 is 0 Å². The van der Waals surface area contributed by atoms with Crippen LogP contribution in [-0.2, 0) is 0 Å². The smallest absolute Gasteiger partial charge is 0.0540 e. The molecule has 0 atom stereocenters. The van der Waals surface area contributed by atoms with E-state index in [-0.39, 0.29) is 6.10 Å². The third-order valence-corrected chi connectivity index (χ3v) is 2.47. The Labute approximate surface area is 63.4 Å².